The second-order valence-corrected chi connectivity index (χ2v) is 7.51. The molecule has 1 aromatic heterocycles. The minimum Gasteiger partial charge on any atom is -0.354 e. The van der Waals surface area contributed by atoms with Gasteiger partial charge in [0.05, 0.1) is 4.92 Å². The van der Waals surface area contributed by atoms with Crippen molar-refractivity contribution in [1.29, 1.82) is 0 Å². The predicted octanol–water partition coefficient (Wildman–Crippen LogP) is 3.53. The van der Waals surface area contributed by atoms with Crippen molar-refractivity contribution >= 4 is 11.5 Å². The number of rotatable bonds is 6. The molecule has 0 radical (unpaired) electrons. The molecule has 0 atom stereocenters. The van der Waals surface area contributed by atoms with Gasteiger partial charge in [0, 0.05) is 55.6 Å². The summed E-state index contributed by atoms with van der Waals surface area (Å²) in [7, 11) is 0. The molecule has 0 unspecified atom stereocenters. The van der Waals surface area contributed by atoms with Crippen LogP contribution in [0.5, 0.6) is 0 Å². The summed E-state index contributed by atoms with van der Waals surface area (Å²) in [5.41, 5.74) is 1.59. The lowest BCUT2D eigenvalue weighted by Crippen LogP contribution is -2.47. The fraction of sp³-hybridized carbons (Fsp3) is 0.500. The van der Waals surface area contributed by atoms with E-state index in [1.807, 2.05) is 19.1 Å². The number of anilines is 1. The summed E-state index contributed by atoms with van der Waals surface area (Å²) in [6.07, 6.45) is 1.23. The predicted molar refractivity (Wildman–Crippen MR) is 107 cm³/mol. The second-order valence-electron chi connectivity index (χ2n) is 7.51. The maximum Gasteiger partial charge on any atom is 0.270 e. The topological polar surface area (TPSA) is 75.4 Å². The van der Waals surface area contributed by atoms with Crippen LogP contribution in [0.3, 0.4) is 0 Å². The summed E-state index contributed by atoms with van der Waals surface area (Å²) < 4.78 is 0. The van der Waals surface area contributed by atoms with Gasteiger partial charge < -0.3 is 4.90 Å². The molecule has 27 heavy (non-hydrogen) atoms. The Kier molecular flexibility index (Phi) is 6.01. The number of nitro groups is 1. The number of nitrogens with zero attached hydrogens (tertiary/aromatic N) is 5. The van der Waals surface area contributed by atoms with E-state index in [9.17, 15) is 10.1 Å². The molecular weight excluding hydrogens is 342 g/mol. The third-order valence-electron chi connectivity index (χ3n) is 4.87. The lowest BCUT2D eigenvalue weighted by Gasteiger charge is -2.35. The Morgan fingerprint density at radius 2 is 1.89 bits per heavy atom. The molecule has 144 valence electrons. The first-order valence-corrected chi connectivity index (χ1v) is 9.50. The van der Waals surface area contributed by atoms with Crippen molar-refractivity contribution < 1.29 is 4.92 Å². The highest BCUT2D eigenvalue weighted by Gasteiger charge is 2.19. The average molecular weight is 369 g/mol. The summed E-state index contributed by atoms with van der Waals surface area (Å²) in [6, 6.07) is 8.49. The van der Waals surface area contributed by atoms with Crippen molar-refractivity contribution in [2.45, 2.75) is 27.2 Å². The second kappa shape index (κ2) is 8.43. The number of piperazine rings is 1. The highest BCUT2D eigenvalue weighted by atomic mass is 16.6. The zero-order chi connectivity index (χ0) is 19.4. The van der Waals surface area contributed by atoms with Gasteiger partial charge in [0.25, 0.3) is 5.69 Å². The largest absolute Gasteiger partial charge is 0.354 e. The number of hydrogen-bond acceptors (Lipinski definition) is 6. The number of aromatic nitrogens is 2. The van der Waals surface area contributed by atoms with Crippen LogP contribution in [0.4, 0.5) is 11.5 Å². The first-order chi connectivity index (χ1) is 12.9. The van der Waals surface area contributed by atoms with Gasteiger partial charge in [-0.05, 0) is 25.8 Å². The molecule has 0 aliphatic carbocycles. The van der Waals surface area contributed by atoms with Gasteiger partial charge in [-0.15, -0.1) is 0 Å². The summed E-state index contributed by atoms with van der Waals surface area (Å²) in [4.78, 5) is 24.6. The minimum atomic E-state index is -0.392. The van der Waals surface area contributed by atoms with E-state index in [1.165, 1.54) is 18.6 Å². The van der Waals surface area contributed by atoms with Crippen LogP contribution in [0.2, 0.25) is 0 Å². The van der Waals surface area contributed by atoms with Gasteiger partial charge in [0.2, 0.25) is 0 Å². The maximum absolute atomic E-state index is 11.0. The number of nitro benzene ring substituents is 1. The molecule has 0 N–H and O–H groups in total. The van der Waals surface area contributed by atoms with Crippen LogP contribution < -0.4 is 4.90 Å². The zero-order valence-electron chi connectivity index (χ0n) is 16.3. The van der Waals surface area contributed by atoms with Gasteiger partial charge in [-0.2, -0.15) is 0 Å². The number of hydrogen-bond donors (Lipinski definition) is 0. The molecule has 1 aliphatic rings. The monoisotopic (exact) mass is 369 g/mol. The Morgan fingerprint density at radius 3 is 2.56 bits per heavy atom. The summed E-state index contributed by atoms with van der Waals surface area (Å²) >= 11 is 0. The first kappa shape index (κ1) is 19.2. The molecule has 1 aliphatic heterocycles. The summed E-state index contributed by atoms with van der Waals surface area (Å²) in [5.74, 6) is 2.16. The molecule has 7 heteroatoms. The lowest BCUT2D eigenvalue weighted by molar-refractivity contribution is -0.384. The summed E-state index contributed by atoms with van der Waals surface area (Å²) in [6.45, 7) is 11.5. The van der Waals surface area contributed by atoms with E-state index < -0.39 is 4.92 Å². The third kappa shape index (κ3) is 5.01. The Morgan fingerprint density at radius 1 is 1.15 bits per heavy atom. The SMILES string of the molecule is Cc1cc(N2CCN(CCC(C)C)CC2)nc(-c2cccc([N+](=O)[O-])c2)n1. The van der Waals surface area contributed by atoms with Gasteiger partial charge in [0.1, 0.15) is 5.82 Å². The van der Waals surface area contributed by atoms with Crippen LogP contribution in [-0.4, -0.2) is 52.5 Å². The van der Waals surface area contributed by atoms with Crippen LogP contribution in [0, 0.1) is 23.0 Å². The van der Waals surface area contributed by atoms with Gasteiger partial charge in [-0.3, -0.25) is 15.0 Å². The van der Waals surface area contributed by atoms with E-state index >= 15 is 0 Å². The quantitative estimate of drug-likeness (QED) is 0.573. The molecule has 1 fully saturated rings. The molecule has 1 saturated heterocycles. The van der Waals surface area contributed by atoms with Gasteiger partial charge in [-0.1, -0.05) is 26.0 Å². The molecule has 0 bridgehead atoms. The molecule has 0 amide bonds. The van der Waals surface area contributed by atoms with Gasteiger partial charge in [0.15, 0.2) is 5.82 Å². The molecule has 2 heterocycles. The molecule has 7 nitrogen and oxygen atoms in total. The lowest BCUT2D eigenvalue weighted by atomic mass is 10.1. The van der Waals surface area contributed by atoms with Crippen LogP contribution in [0.15, 0.2) is 30.3 Å². The van der Waals surface area contributed by atoms with Crippen LogP contribution >= 0.6 is 0 Å². The zero-order valence-corrected chi connectivity index (χ0v) is 16.3. The van der Waals surface area contributed by atoms with Crippen molar-refractivity contribution in [3.05, 3.63) is 46.1 Å². The van der Waals surface area contributed by atoms with Crippen molar-refractivity contribution in [1.82, 2.24) is 14.9 Å². The van der Waals surface area contributed by atoms with Crippen LogP contribution in [0.25, 0.3) is 11.4 Å². The molecule has 2 aromatic rings. The van der Waals surface area contributed by atoms with Crippen LogP contribution in [-0.2, 0) is 0 Å². The smallest absolute Gasteiger partial charge is 0.270 e. The van der Waals surface area contributed by atoms with Gasteiger partial charge >= 0.3 is 0 Å². The number of non-ortho nitro benzene ring substituents is 1. The maximum atomic E-state index is 11.0. The molecule has 0 spiro atoms. The Labute approximate surface area is 160 Å². The molecule has 0 saturated carbocycles. The van der Waals surface area contributed by atoms with Crippen molar-refractivity contribution in [2.24, 2.45) is 5.92 Å². The Hall–Kier alpha value is -2.54. The van der Waals surface area contributed by atoms with Gasteiger partial charge in [-0.25, -0.2) is 9.97 Å². The fourth-order valence-corrected chi connectivity index (χ4v) is 3.24. The number of benzene rings is 1. The Balaban J connectivity index is 1.75. The van der Waals surface area contributed by atoms with Crippen molar-refractivity contribution in [3.8, 4) is 11.4 Å². The van der Waals surface area contributed by atoms with Crippen molar-refractivity contribution in [2.75, 3.05) is 37.6 Å². The summed E-state index contributed by atoms with van der Waals surface area (Å²) in [5, 5.41) is 11.0. The molecule has 3 rings (SSSR count). The molecule has 1 aromatic carbocycles. The highest BCUT2D eigenvalue weighted by molar-refractivity contribution is 5.61. The van der Waals surface area contributed by atoms with E-state index in [0.717, 1.165) is 50.2 Å². The average Bonchev–Trinajstić information content (AvgIpc) is 2.66. The van der Waals surface area contributed by atoms with Crippen molar-refractivity contribution in [3.63, 3.8) is 0 Å². The number of aryl methyl sites for hydroxylation is 1. The van der Waals surface area contributed by atoms with E-state index in [0.29, 0.717) is 11.4 Å². The van der Waals surface area contributed by atoms with E-state index in [-0.39, 0.29) is 5.69 Å². The fourth-order valence-electron chi connectivity index (χ4n) is 3.24. The van der Waals surface area contributed by atoms with E-state index in [2.05, 4.69) is 28.6 Å². The third-order valence-corrected chi connectivity index (χ3v) is 4.87. The van der Waals surface area contributed by atoms with Crippen LogP contribution in [0.1, 0.15) is 26.0 Å². The minimum absolute atomic E-state index is 0.0536. The Bertz CT molecular complexity index is 801. The highest BCUT2D eigenvalue weighted by Crippen LogP contribution is 2.24. The molecular formula is C20H27N5O2. The van der Waals surface area contributed by atoms with E-state index in [1.54, 1.807) is 6.07 Å². The standard InChI is InChI=1S/C20H27N5O2/c1-15(2)7-8-23-9-11-24(12-10-23)19-13-16(3)21-20(22-19)17-5-4-6-18(14-17)25(26)27/h4-6,13-15H,7-12H2,1-3H3. The first-order valence-electron chi connectivity index (χ1n) is 9.50. The van der Waals surface area contributed by atoms with E-state index in [4.69, 9.17) is 4.98 Å². The normalized spacial score (nSPS) is 15.3.